The Balaban J connectivity index is 2.91. The van der Waals surface area contributed by atoms with Gasteiger partial charge in [0.15, 0.2) is 0 Å². The maximum atomic E-state index is 8.52. The summed E-state index contributed by atoms with van der Waals surface area (Å²) >= 11 is 0. The van der Waals surface area contributed by atoms with E-state index in [-0.39, 0.29) is 6.61 Å². The molecule has 13 heavy (non-hydrogen) atoms. The lowest BCUT2D eigenvalue weighted by atomic mass is 10.1. The summed E-state index contributed by atoms with van der Waals surface area (Å²) < 4.78 is 0. The zero-order valence-electron chi connectivity index (χ0n) is 8.26. The fourth-order valence-electron chi connectivity index (χ4n) is 1.18. The van der Waals surface area contributed by atoms with Crippen molar-refractivity contribution in [2.24, 2.45) is 0 Å². The molecule has 0 amide bonds. The van der Waals surface area contributed by atoms with Crippen LogP contribution in [0.15, 0.2) is 0 Å². The summed E-state index contributed by atoms with van der Waals surface area (Å²) in [5, 5.41) is 16.9. The molecular weight excluding hydrogens is 164 g/mol. The molecule has 0 aliphatic carbocycles. The van der Waals surface area contributed by atoms with Gasteiger partial charge in [0.2, 0.25) is 0 Å². The molecule has 0 unspecified atom stereocenters. The molecule has 0 aliphatic heterocycles. The number of hydrogen-bond acceptors (Lipinski definition) is 2. The molecular formula is C11H20O2. The molecule has 0 aromatic carbocycles. The second-order valence-electron chi connectivity index (χ2n) is 3.11. The normalized spacial score (nSPS) is 9.38. The molecule has 0 fully saturated rings. The fraction of sp³-hybridized carbons (Fsp3) is 0.818. The maximum Gasteiger partial charge on any atom is 0.104 e. The second kappa shape index (κ2) is 11.5. The molecule has 0 bridgehead atoms. The zero-order valence-corrected chi connectivity index (χ0v) is 8.26. The number of rotatable bonds is 7. The summed E-state index contributed by atoms with van der Waals surface area (Å²) in [4.78, 5) is 0. The zero-order chi connectivity index (χ0) is 9.78. The molecule has 0 radical (unpaired) electrons. The summed E-state index contributed by atoms with van der Waals surface area (Å²) in [5.41, 5.74) is 0. The van der Waals surface area contributed by atoms with Crippen molar-refractivity contribution < 1.29 is 10.2 Å². The first-order valence-electron chi connectivity index (χ1n) is 5.09. The third-order valence-electron chi connectivity index (χ3n) is 1.91. The first-order chi connectivity index (χ1) is 6.41. The molecule has 2 heteroatoms. The second-order valence-corrected chi connectivity index (χ2v) is 3.11. The van der Waals surface area contributed by atoms with Gasteiger partial charge in [0, 0.05) is 13.0 Å². The third-order valence-corrected chi connectivity index (χ3v) is 1.91. The summed E-state index contributed by atoms with van der Waals surface area (Å²) in [6, 6.07) is 0. The van der Waals surface area contributed by atoms with Gasteiger partial charge in [-0.3, -0.25) is 0 Å². The van der Waals surface area contributed by atoms with Crippen LogP contribution in [-0.2, 0) is 0 Å². The van der Waals surface area contributed by atoms with Crippen molar-refractivity contribution in [2.45, 2.75) is 44.9 Å². The largest absolute Gasteiger partial charge is 0.396 e. The molecule has 2 N–H and O–H groups in total. The Morgan fingerprint density at radius 1 is 0.692 bits per heavy atom. The minimum atomic E-state index is -0.0174. The van der Waals surface area contributed by atoms with Crippen molar-refractivity contribution in [1.29, 1.82) is 0 Å². The highest BCUT2D eigenvalue weighted by Gasteiger charge is 1.89. The quantitative estimate of drug-likeness (QED) is 0.467. The lowest BCUT2D eigenvalue weighted by molar-refractivity contribution is 0.282. The summed E-state index contributed by atoms with van der Waals surface area (Å²) in [7, 11) is 0. The van der Waals surface area contributed by atoms with Crippen LogP contribution in [0.3, 0.4) is 0 Å². The highest BCUT2D eigenvalue weighted by atomic mass is 16.3. The van der Waals surface area contributed by atoms with E-state index in [0.29, 0.717) is 6.61 Å². The van der Waals surface area contributed by atoms with Crippen LogP contribution in [0, 0.1) is 11.8 Å². The molecule has 0 heterocycles. The fourth-order valence-corrected chi connectivity index (χ4v) is 1.18. The molecule has 0 saturated heterocycles. The van der Waals surface area contributed by atoms with E-state index in [2.05, 4.69) is 11.8 Å². The van der Waals surface area contributed by atoms with E-state index in [1.165, 1.54) is 19.3 Å². The van der Waals surface area contributed by atoms with E-state index in [4.69, 9.17) is 10.2 Å². The third kappa shape index (κ3) is 11.5. The van der Waals surface area contributed by atoms with E-state index < -0.39 is 0 Å². The van der Waals surface area contributed by atoms with Gasteiger partial charge in [-0.1, -0.05) is 31.6 Å². The van der Waals surface area contributed by atoms with E-state index in [0.717, 1.165) is 25.7 Å². The van der Waals surface area contributed by atoms with Gasteiger partial charge < -0.3 is 10.2 Å². The summed E-state index contributed by atoms with van der Waals surface area (Å²) in [6.45, 7) is 0.304. The predicted molar refractivity (Wildman–Crippen MR) is 54.3 cm³/mol. The van der Waals surface area contributed by atoms with Crippen molar-refractivity contribution in [2.75, 3.05) is 13.2 Å². The van der Waals surface area contributed by atoms with Crippen molar-refractivity contribution in [3.63, 3.8) is 0 Å². The lowest BCUT2D eigenvalue weighted by Gasteiger charge is -1.97. The summed E-state index contributed by atoms with van der Waals surface area (Å²) in [5.74, 6) is 5.53. The molecule has 0 aliphatic rings. The van der Waals surface area contributed by atoms with E-state index in [1.54, 1.807) is 0 Å². The maximum absolute atomic E-state index is 8.52. The van der Waals surface area contributed by atoms with Gasteiger partial charge in [-0.2, -0.15) is 0 Å². The molecule has 0 spiro atoms. The van der Waals surface area contributed by atoms with E-state index in [9.17, 15) is 0 Å². The number of unbranched alkanes of at least 4 members (excludes halogenated alkanes) is 6. The number of hydrogen-bond donors (Lipinski definition) is 2. The predicted octanol–water partition coefficient (Wildman–Crippen LogP) is 1.71. The lowest BCUT2D eigenvalue weighted by Crippen LogP contribution is -1.83. The molecule has 2 nitrogen and oxygen atoms in total. The Bertz CT molecular complexity index is 144. The SMILES string of the molecule is OCC#CCCCCCCCCO. The van der Waals surface area contributed by atoms with Crippen LogP contribution in [0.1, 0.15) is 44.9 Å². The average molecular weight is 184 g/mol. The van der Waals surface area contributed by atoms with Gasteiger partial charge in [0.25, 0.3) is 0 Å². The first kappa shape index (κ1) is 12.5. The topological polar surface area (TPSA) is 40.5 Å². The summed E-state index contributed by atoms with van der Waals surface area (Å²) in [6.07, 6.45) is 7.77. The van der Waals surface area contributed by atoms with Crippen LogP contribution in [0.4, 0.5) is 0 Å². The minimum absolute atomic E-state index is 0.0174. The van der Waals surface area contributed by atoms with Crippen LogP contribution in [0.2, 0.25) is 0 Å². The van der Waals surface area contributed by atoms with Crippen LogP contribution < -0.4 is 0 Å². The van der Waals surface area contributed by atoms with Crippen LogP contribution in [0.25, 0.3) is 0 Å². The van der Waals surface area contributed by atoms with Gasteiger partial charge in [0.1, 0.15) is 6.61 Å². The standard InChI is InChI=1S/C11H20O2/c12-10-8-6-4-2-1-3-5-7-9-11-13/h12-13H,1-6,8,10-11H2. The van der Waals surface area contributed by atoms with Gasteiger partial charge >= 0.3 is 0 Å². The molecule has 0 atom stereocenters. The number of aliphatic hydroxyl groups is 2. The van der Waals surface area contributed by atoms with E-state index >= 15 is 0 Å². The molecule has 0 rings (SSSR count). The highest BCUT2D eigenvalue weighted by Crippen LogP contribution is 2.06. The first-order valence-corrected chi connectivity index (χ1v) is 5.09. The van der Waals surface area contributed by atoms with Gasteiger partial charge in [-0.05, 0) is 12.8 Å². The van der Waals surface area contributed by atoms with Crippen LogP contribution in [-0.4, -0.2) is 23.4 Å². The number of aliphatic hydroxyl groups excluding tert-OH is 2. The molecule has 0 aromatic heterocycles. The van der Waals surface area contributed by atoms with Gasteiger partial charge in [-0.15, -0.1) is 5.92 Å². The monoisotopic (exact) mass is 184 g/mol. The van der Waals surface area contributed by atoms with Crippen molar-refractivity contribution in [3.05, 3.63) is 0 Å². The average Bonchev–Trinajstić information content (AvgIpc) is 2.16. The minimum Gasteiger partial charge on any atom is -0.396 e. The molecule has 0 aromatic rings. The van der Waals surface area contributed by atoms with Gasteiger partial charge in [0.05, 0.1) is 0 Å². The Labute approximate surface area is 81.0 Å². The van der Waals surface area contributed by atoms with Crippen molar-refractivity contribution in [1.82, 2.24) is 0 Å². The van der Waals surface area contributed by atoms with Crippen molar-refractivity contribution >= 4 is 0 Å². The Morgan fingerprint density at radius 2 is 1.31 bits per heavy atom. The van der Waals surface area contributed by atoms with Gasteiger partial charge in [-0.25, -0.2) is 0 Å². The molecule has 76 valence electrons. The molecule has 0 saturated carbocycles. The Morgan fingerprint density at radius 3 is 1.92 bits per heavy atom. The highest BCUT2D eigenvalue weighted by molar-refractivity contribution is 4.98. The van der Waals surface area contributed by atoms with Crippen LogP contribution in [0.5, 0.6) is 0 Å². The van der Waals surface area contributed by atoms with Crippen molar-refractivity contribution in [3.8, 4) is 11.8 Å². The van der Waals surface area contributed by atoms with E-state index in [1.807, 2.05) is 0 Å². The Kier molecular flexibility index (Phi) is 11.0. The smallest absolute Gasteiger partial charge is 0.104 e. The Hall–Kier alpha value is -0.520. The van der Waals surface area contributed by atoms with Crippen LogP contribution >= 0.6 is 0 Å².